The molecule has 0 aliphatic rings. The summed E-state index contributed by atoms with van der Waals surface area (Å²) in [4.78, 5) is 33.8. The number of esters is 1. The smallest absolute Gasteiger partial charge is 0.338 e. The first-order valence-electron chi connectivity index (χ1n) is 6.64. The van der Waals surface area contributed by atoms with Crippen molar-refractivity contribution in [3.8, 4) is 0 Å². The Morgan fingerprint density at radius 3 is 2.62 bits per heavy atom. The molecule has 0 fully saturated rings. The Morgan fingerprint density at radius 2 is 1.96 bits per heavy atom. The maximum Gasteiger partial charge on any atom is 0.338 e. The van der Waals surface area contributed by atoms with Gasteiger partial charge < -0.3 is 15.8 Å². The van der Waals surface area contributed by atoms with E-state index in [9.17, 15) is 19.7 Å². The lowest BCUT2D eigenvalue weighted by molar-refractivity contribution is -0.383. The molecule has 8 nitrogen and oxygen atoms in total. The average Bonchev–Trinajstić information content (AvgIpc) is 2.55. The van der Waals surface area contributed by atoms with Crippen molar-refractivity contribution >= 4 is 44.9 Å². The summed E-state index contributed by atoms with van der Waals surface area (Å²) < 4.78 is 5.53. The van der Waals surface area contributed by atoms with Gasteiger partial charge in [0.2, 0.25) is 0 Å². The van der Waals surface area contributed by atoms with E-state index < -0.39 is 29.1 Å². The number of amides is 1. The summed E-state index contributed by atoms with van der Waals surface area (Å²) in [5.74, 6) is -1.40. The summed E-state index contributed by atoms with van der Waals surface area (Å²) in [5, 5.41) is 13.4. The number of nitrogen functional groups attached to an aromatic ring is 1. The molecule has 2 aromatic carbocycles. The number of nitrogens with one attached hydrogen (secondary N) is 1. The summed E-state index contributed by atoms with van der Waals surface area (Å²) in [6.45, 7) is -0.529. The van der Waals surface area contributed by atoms with Crippen molar-refractivity contribution in [2.75, 3.05) is 17.7 Å². The van der Waals surface area contributed by atoms with Gasteiger partial charge in [-0.15, -0.1) is 0 Å². The zero-order valence-electron chi connectivity index (χ0n) is 12.2. The highest BCUT2D eigenvalue weighted by Crippen LogP contribution is 2.23. The van der Waals surface area contributed by atoms with Gasteiger partial charge in [0.25, 0.3) is 11.6 Å². The van der Waals surface area contributed by atoms with E-state index in [0.717, 1.165) is 6.07 Å². The monoisotopic (exact) mass is 393 g/mol. The Bertz CT molecular complexity index is 809. The molecule has 2 aromatic rings. The van der Waals surface area contributed by atoms with E-state index in [1.807, 2.05) is 0 Å². The number of hydrogen-bond acceptors (Lipinski definition) is 6. The van der Waals surface area contributed by atoms with Gasteiger partial charge in [-0.05, 0) is 40.2 Å². The molecule has 2 rings (SSSR count). The summed E-state index contributed by atoms with van der Waals surface area (Å²) in [6, 6.07) is 10.5. The standard InChI is InChI=1S/C15H12BrN3O5/c16-10-3-1-2-4-12(10)18-14(20)8-24-15(21)9-5-6-11(17)13(7-9)19(22)23/h1-7H,8,17H2,(H,18,20). The van der Waals surface area contributed by atoms with Gasteiger partial charge in [0.1, 0.15) is 5.69 Å². The second-order valence-corrected chi connectivity index (χ2v) is 5.49. The lowest BCUT2D eigenvalue weighted by atomic mass is 10.2. The number of carbonyl (C=O) groups excluding carboxylic acids is 2. The number of nitro benzene ring substituents is 1. The number of nitro groups is 1. The van der Waals surface area contributed by atoms with Crippen LogP contribution >= 0.6 is 15.9 Å². The van der Waals surface area contributed by atoms with Crippen LogP contribution in [0.5, 0.6) is 0 Å². The molecule has 24 heavy (non-hydrogen) atoms. The lowest BCUT2D eigenvalue weighted by Crippen LogP contribution is -2.21. The highest BCUT2D eigenvalue weighted by atomic mass is 79.9. The van der Waals surface area contributed by atoms with Crippen LogP contribution in [0.25, 0.3) is 0 Å². The second-order valence-electron chi connectivity index (χ2n) is 4.63. The Morgan fingerprint density at radius 1 is 1.25 bits per heavy atom. The van der Waals surface area contributed by atoms with E-state index in [-0.39, 0.29) is 11.3 Å². The first-order valence-corrected chi connectivity index (χ1v) is 7.43. The normalized spacial score (nSPS) is 10.0. The van der Waals surface area contributed by atoms with Gasteiger partial charge in [0.15, 0.2) is 6.61 Å². The molecule has 1 amide bonds. The quantitative estimate of drug-likeness (QED) is 0.348. The van der Waals surface area contributed by atoms with E-state index >= 15 is 0 Å². The molecule has 0 radical (unpaired) electrons. The molecule has 0 bridgehead atoms. The van der Waals surface area contributed by atoms with E-state index in [2.05, 4.69) is 21.2 Å². The molecule has 0 unspecified atom stereocenters. The third-order valence-electron chi connectivity index (χ3n) is 2.95. The molecular weight excluding hydrogens is 382 g/mol. The second kappa shape index (κ2) is 7.55. The molecule has 0 aromatic heterocycles. The minimum absolute atomic E-state index is 0.0652. The van der Waals surface area contributed by atoms with Crippen LogP contribution in [-0.2, 0) is 9.53 Å². The number of nitrogens with zero attached hydrogens (tertiary/aromatic N) is 1. The number of rotatable bonds is 5. The first-order chi connectivity index (χ1) is 11.4. The van der Waals surface area contributed by atoms with Crippen LogP contribution in [0.3, 0.4) is 0 Å². The van der Waals surface area contributed by atoms with E-state index in [1.165, 1.54) is 12.1 Å². The minimum atomic E-state index is -0.861. The number of nitrogens with two attached hydrogens (primary N) is 1. The first kappa shape index (κ1) is 17.4. The molecular formula is C15H12BrN3O5. The van der Waals surface area contributed by atoms with Crippen molar-refractivity contribution in [3.05, 3.63) is 62.6 Å². The Balaban J connectivity index is 1.98. The largest absolute Gasteiger partial charge is 0.452 e. The molecule has 3 N–H and O–H groups in total. The molecule has 9 heteroatoms. The number of para-hydroxylation sites is 1. The number of carbonyl (C=O) groups is 2. The summed E-state index contributed by atoms with van der Waals surface area (Å²) in [5.41, 5.74) is 5.45. The lowest BCUT2D eigenvalue weighted by Gasteiger charge is -2.08. The fourth-order valence-electron chi connectivity index (χ4n) is 1.79. The van der Waals surface area contributed by atoms with E-state index in [4.69, 9.17) is 10.5 Å². The average molecular weight is 394 g/mol. The molecule has 0 saturated heterocycles. The molecule has 0 atom stereocenters. The van der Waals surface area contributed by atoms with Crippen molar-refractivity contribution in [1.82, 2.24) is 0 Å². The fourth-order valence-corrected chi connectivity index (χ4v) is 2.18. The van der Waals surface area contributed by atoms with Crippen molar-refractivity contribution in [2.45, 2.75) is 0 Å². The van der Waals surface area contributed by atoms with Crippen LogP contribution in [0.1, 0.15) is 10.4 Å². The van der Waals surface area contributed by atoms with Gasteiger partial charge in [0.05, 0.1) is 16.2 Å². The summed E-state index contributed by atoms with van der Waals surface area (Å²) in [6.07, 6.45) is 0. The van der Waals surface area contributed by atoms with Crippen molar-refractivity contribution in [2.24, 2.45) is 0 Å². The highest BCUT2D eigenvalue weighted by molar-refractivity contribution is 9.10. The maximum atomic E-state index is 11.9. The van der Waals surface area contributed by atoms with Crippen LogP contribution in [-0.4, -0.2) is 23.4 Å². The van der Waals surface area contributed by atoms with Gasteiger partial charge >= 0.3 is 5.97 Å². The maximum absolute atomic E-state index is 11.9. The van der Waals surface area contributed by atoms with Gasteiger partial charge in [-0.2, -0.15) is 0 Å². The molecule has 0 saturated carbocycles. The molecule has 0 aliphatic carbocycles. The predicted molar refractivity (Wildman–Crippen MR) is 90.6 cm³/mol. The number of hydrogen-bond donors (Lipinski definition) is 2. The van der Waals surface area contributed by atoms with Crippen molar-refractivity contribution < 1.29 is 19.2 Å². The number of benzene rings is 2. The van der Waals surface area contributed by atoms with Crippen LogP contribution in [0.2, 0.25) is 0 Å². The molecule has 0 spiro atoms. The zero-order chi connectivity index (χ0) is 17.7. The van der Waals surface area contributed by atoms with Crippen LogP contribution in [0.4, 0.5) is 17.1 Å². The molecule has 0 heterocycles. The summed E-state index contributed by atoms with van der Waals surface area (Å²) in [7, 11) is 0. The van der Waals surface area contributed by atoms with Gasteiger partial charge in [-0.25, -0.2) is 4.79 Å². The fraction of sp³-hybridized carbons (Fsp3) is 0.0667. The van der Waals surface area contributed by atoms with Gasteiger partial charge in [-0.3, -0.25) is 14.9 Å². The van der Waals surface area contributed by atoms with E-state index in [0.29, 0.717) is 10.2 Å². The Labute approximate surface area is 144 Å². The zero-order valence-corrected chi connectivity index (χ0v) is 13.8. The molecule has 0 aliphatic heterocycles. The number of ether oxygens (including phenoxy) is 1. The number of anilines is 2. The van der Waals surface area contributed by atoms with E-state index in [1.54, 1.807) is 24.3 Å². The van der Waals surface area contributed by atoms with Crippen LogP contribution in [0, 0.1) is 10.1 Å². The predicted octanol–water partition coefficient (Wildman–Crippen LogP) is 2.74. The Hall–Kier alpha value is -2.94. The van der Waals surface area contributed by atoms with Crippen LogP contribution < -0.4 is 11.1 Å². The van der Waals surface area contributed by atoms with Crippen molar-refractivity contribution in [1.29, 1.82) is 0 Å². The minimum Gasteiger partial charge on any atom is -0.452 e. The SMILES string of the molecule is Nc1ccc(C(=O)OCC(=O)Nc2ccccc2Br)cc1[N+](=O)[O-]. The van der Waals surface area contributed by atoms with Gasteiger partial charge in [0, 0.05) is 10.5 Å². The topological polar surface area (TPSA) is 125 Å². The highest BCUT2D eigenvalue weighted by Gasteiger charge is 2.17. The number of halogens is 1. The third-order valence-corrected chi connectivity index (χ3v) is 3.64. The van der Waals surface area contributed by atoms with Crippen LogP contribution in [0.15, 0.2) is 46.9 Å². The third kappa shape index (κ3) is 4.29. The van der Waals surface area contributed by atoms with Gasteiger partial charge in [-0.1, -0.05) is 12.1 Å². The van der Waals surface area contributed by atoms with Crippen molar-refractivity contribution in [3.63, 3.8) is 0 Å². The Kier molecular flexibility index (Phi) is 5.48. The summed E-state index contributed by atoms with van der Waals surface area (Å²) >= 11 is 3.27. The molecule has 124 valence electrons.